The van der Waals surface area contributed by atoms with Crippen LogP contribution in [0.25, 0.3) is 0 Å². The number of nitrogens with zero attached hydrogens (tertiary/aromatic N) is 1. The molecule has 1 saturated heterocycles. The first kappa shape index (κ1) is 11.5. The summed E-state index contributed by atoms with van der Waals surface area (Å²) in [5, 5.41) is 4.30. The van der Waals surface area contributed by atoms with E-state index in [-0.39, 0.29) is 5.82 Å². The Bertz CT molecular complexity index is 392. The maximum atomic E-state index is 12.9. The molecule has 1 atom stereocenters. The molecule has 1 fully saturated rings. The number of rotatable bonds is 2. The van der Waals surface area contributed by atoms with Crippen LogP contribution >= 0.6 is 11.8 Å². The topological polar surface area (TPSA) is 24.4 Å². The zero-order valence-electron chi connectivity index (χ0n) is 9.24. The fourth-order valence-electron chi connectivity index (χ4n) is 1.55. The van der Waals surface area contributed by atoms with Gasteiger partial charge in [0.2, 0.25) is 0 Å². The summed E-state index contributed by atoms with van der Waals surface area (Å²) in [6.45, 7) is 2.69. The van der Waals surface area contributed by atoms with Crippen LogP contribution < -0.4 is 5.32 Å². The van der Waals surface area contributed by atoms with Gasteiger partial charge < -0.3 is 5.32 Å². The van der Waals surface area contributed by atoms with E-state index in [1.165, 1.54) is 18.6 Å². The first-order valence-electron chi connectivity index (χ1n) is 5.42. The predicted octanol–water partition coefficient (Wildman–Crippen LogP) is 2.80. The second-order valence-corrected chi connectivity index (χ2v) is 5.02. The van der Waals surface area contributed by atoms with E-state index in [0.29, 0.717) is 12.6 Å². The van der Waals surface area contributed by atoms with Crippen molar-refractivity contribution in [3.8, 4) is 0 Å². The fourth-order valence-corrected chi connectivity index (χ4v) is 2.65. The van der Waals surface area contributed by atoms with Gasteiger partial charge in [-0.15, -0.1) is 0 Å². The van der Waals surface area contributed by atoms with Crippen molar-refractivity contribution in [2.75, 3.05) is 5.75 Å². The van der Waals surface area contributed by atoms with Crippen LogP contribution in [-0.2, 0) is 6.54 Å². The molecule has 1 aromatic carbocycles. The summed E-state index contributed by atoms with van der Waals surface area (Å²) in [6.07, 6.45) is 1.17. The van der Waals surface area contributed by atoms with Gasteiger partial charge in [-0.1, -0.05) is 23.9 Å². The highest BCUT2D eigenvalue weighted by Crippen LogP contribution is 2.14. The van der Waals surface area contributed by atoms with Gasteiger partial charge in [0, 0.05) is 11.8 Å². The molecule has 0 spiro atoms. The van der Waals surface area contributed by atoms with Crippen molar-refractivity contribution in [1.29, 1.82) is 0 Å². The third-order valence-corrected chi connectivity index (χ3v) is 3.41. The van der Waals surface area contributed by atoms with Gasteiger partial charge in [0.25, 0.3) is 0 Å². The highest BCUT2D eigenvalue weighted by atomic mass is 32.2. The molecule has 1 unspecified atom stereocenters. The van der Waals surface area contributed by atoms with E-state index in [0.717, 1.165) is 16.5 Å². The van der Waals surface area contributed by atoms with Crippen LogP contribution in [0.15, 0.2) is 29.3 Å². The van der Waals surface area contributed by atoms with Crippen molar-refractivity contribution >= 4 is 16.9 Å². The van der Waals surface area contributed by atoms with Crippen molar-refractivity contribution in [3.05, 3.63) is 35.6 Å². The van der Waals surface area contributed by atoms with Crippen molar-refractivity contribution in [2.45, 2.75) is 25.9 Å². The summed E-state index contributed by atoms with van der Waals surface area (Å²) in [4.78, 5) is 4.45. The first-order valence-corrected chi connectivity index (χ1v) is 6.41. The molecule has 16 heavy (non-hydrogen) atoms. The molecular weight excluding hydrogens is 223 g/mol. The molecule has 0 radical (unpaired) electrons. The van der Waals surface area contributed by atoms with E-state index in [1.54, 1.807) is 17.8 Å². The van der Waals surface area contributed by atoms with Crippen LogP contribution in [0.1, 0.15) is 18.9 Å². The molecular formula is C12H15FN2S. The molecule has 1 heterocycles. The van der Waals surface area contributed by atoms with Crippen LogP contribution in [0, 0.1) is 5.82 Å². The van der Waals surface area contributed by atoms with Crippen molar-refractivity contribution in [3.63, 3.8) is 0 Å². The zero-order chi connectivity index (χ0) is 11.4. The van der Waals surface area contributed by atoms with E-state index < -0.39 is 0 Å². The molecule has 0 aliphatic carbocycles. The SMILES string of the molecule is CC1CCSC(=NCc2cccc(F)c2)N1. The fraction of sp³-hybridized carbons (Fsp3) is 0.417. The lowest BCUT2D eigenvalue weighted by molar-refractivity contribution is 0.625. The molecule has 0 bridgehead atoms. The maximum absolute atomic E-state index is 12.9. The van der Waals surface area contributed by atoms with E-state index >= 15 is 0 Å². The Kier molecular flexibility index (Phi) is 3.83. The van der Waals surface area contributed by atoms with Gasteiger partial charge in [0.05, 0.1) is 6.54 Å². The predicted molar refractivity (Wildman–Crippen MR) is 67.2 cm³/mol. The van der Waals surface area contributed by atoms with Crippen molar-refractivity contribution in [1.82, 2.24) is 5.32 Å². The van der Waals surface area contributed by atoms with E-state index in [4.69, 9.17) is 0 Å². The molecule has 2 nitrogen and oxygen atoms in total. The Labute approximate surface area is 99.3 Å². The molecule has 1 aliphatic rings. The van der Waals surface area contributed by atoms with Gasteiger partial charge >= 0.3 is 0 Å². The van der Waals surface area contributed by atoms with Crippen LogP contribution in [0.3, 0.4) is 0 Å². The number of hydrogen-bond donors (Lipinski definition) is 1. The minimum absolute atomic E-state index is 0.199. The summed E-state index contributed by atoms with van der Waals surface area (Å²) < 4.78 is 12.9. The maximum Gasteiger partial charge on any atom is 0.157 e. The highest BCUT2D eigenvalue weighted by molar-refractivity contribution is 8.13. The summed E-state index contributed by atoms with van der Waals surface area (Å²) >= 11 is 1.74. The zero-order valence-corrected chi connectivity index (χ0v) is 10.1. The van der Waals surface area contributed by atoms with Gasteiger partial charge in [0.15, 0.2) is 5.17 Å². The van der Waals surface area contributed by atoms with Gasteiger partial charge in [-0.3, -0.25) is 4.99 Å². The Morgan fingerprint density at radius 3 is 3.19 bits per heavy atom. The first-order chi connectivity index (χ1) is 7.74. The molecule has 1 aromatic rings. The van der Waals surface area contributed by atoms with Crippen LogP contribution in [0.5, 0.6) is 0 Å². The smallest absolute Gasteiger partial charge is 0.157 e. The number of nitrogens with one attached hydrogen (secondary N) is 1. The van der Waals surface area contributed by atoms with E-state index in [9.17, 15) is 4.39 Å². The third-order valence-electron chi connectivity index (χ3n) is 2.45. The largest absolute Gasteiger partial charge is 0.362 e. The Balaban J connectivity index is 1.97. The van der Waals surface area contributed by atoms with Gasteiger partial charge in [-0.2, -0.15) is 0 Å². The second kappa shape index (κ2) is 5.34. The van der Waals surface area contributed by atoms with Crippen LogP contribution in [0.2, 0.25) is 0 Å². The van der Waals surface area contributed by atoms with E-state index in [2.05, 4.69) is 17.2 Å². The average Bonchev–Trinajstić information content (AvgIpc) is 2.27. The molecule has 86 valence electrons. The standard InChI is InChI=1S/C12H15FN2S/c1-9-5-6-16-12(15-9)14-8-10-3-2-4-11(13)7-10/h2-4,7,9H,5-6,8H2,1H3,(H,14,15). The van der Waals surface area contributed by atoms with E-state index in [1.807, 2.05) is 6.07 Å². The minimum Gasteiger partial charge on any atom is -0.362 e. The van der Waals surface area contributed by atoms with Gasteiger partial charge in [0.1, 0.15) is 5.82 Å². The number of hydrogen-bond acceptors (Lipinski definition) is 2. The normalized spacial score (nSPS) is 23.1. The lowest BCUT2D eigenvalue weighted by Gasteiger charge is -2.21. The monoisotopic (exact) mass is 238 g/mol. The quantitative estimate of drug-likeness (QED) is 0.856. The molecule has 0 saturated carbocycles. The highest BCUT2D eigenvalue weighted by Gasteiger charge is 2.12. The Morgan fingerprint density at radius 1 is 1.56 bits per heavy atom. The number of amidine groups is 1. The average molecular weight is 238 g/mol. The number of aliphatic imine (C=N–C) groups is 1. The molecule has 2 rings (SSSR count). The molecule has 4 heteroatoms. The molecule has 1 N–H and O–H groups in total. The summed E-state index contributed by atoms with van der Waals surface area (Å²) in [7, 11) is 0. The molecule has 0 aromatic heterocycles. The van der Waals surface area contributed by atoms with Gasteiger partial charge in [-0.25, -0.2) is 4.39 Å². The summed E-state index contributed by atoms with van der Waals surface area (Å²) in [5.41, 5.74) is 0.910. The van der Waals surface area contributed by atoms with Crippen LogP contribution in [0.4, 0.5) is 4.39 Å². The lowest BCUT2D eigenvalue weighted by Crippen LogP contribution is -2.35. The number of halogens is 1. The van der Waals surface area contributed by atoms with Crippen LogP contribution in [-0.4, -0.2) is 17.0 Å². The second-order valence-electron chi connectivity index (χ2n) is 3.93. The lowest BCUT2D eigenvalue weighted by atomic mass is 10.2. The molecule has 1 aliphatic heterocycles. The number of thioether (sulfide) groups is 1. The summed E-state index contributed by atoms with van der Waals surface area (Å²) in [5.74, 6) is 0.909. The van der Waals surface area contributed by atoms with Crippen molar-refractivity contribution < 1.29 is 4.39 Å². The van der Waals surface area contributed by atoms with Gasteiger partial charge in [-0.05, 0) is 31.0 Å². The minimum atomic E-state index is -0.199. The Morgan fingerprint density at radius 2 is 2.44 bits per heavy atom. The Hall–Kier alpha value is -1.03. The number of benzene rings is 1. The van der Waals surface area contributed by atoms with Crippen molar-refractivity contribution in [2.24, 2.45) is 4.99 Å². The summed E-state index contributed by atoms with van der Waals surface area (Å²) in [6, 6.07) is 7.08. The molecule has 0 amide bonds. The third kappa shape index (κ3) is 3.23.